The summed E-state index contributed by atoms with van der Waals surface area (Å²) in [6.45, 7) is 6.17. The quantitative estimate of drug-likeness (QED) is 0.852. The van der Waals surface area contributed by atoms with E-state index < -0.39 is 11.7 Å². The number of carbonyl (C=O) groups excluding carboxylic acids is 2. The van der Waals surface area contributed by atoms with Crippen molar-refractivity contribution in [2.45, 2.75) is 38.8 Å². The molecule has 1 aliphatic rings. The topological polar surface area (TPSA) is 70.7 Å². The fraction of sp³-hybridized carbons (Fsp3) is 0.364. The van der Waals surface area contributed by atoms with Gasteiger partial charge in [0.15, 0.2) is 0 Å². The highest BCUT2D eigenvalue weighted by Gasteiger charge is 2.28. The van der Waals surface area contributed by atoms with Crippen molar-refractivity contribution in [1.29, 1.82) is 0 Å². The van der Waals surface area contributed by atoms with Gasteiger partial charge in [-0.1, -0.05) is 18.2 Å². The molecule has 0 bridgehead atoms. The van der Waals surface area contributed by atoms with Crippen LogP contribution in [0.4, 0.5) is 16.2 Å². The lowest BCUT2D eigenvalue weighted by molar-refractivity contribution is 0.0505. The fourth-order valence-corrected chi connectivity index (χ4v) is 3.35. The predicted molar refractivity (Wildman–Crippen MR) is 110 cm³/mol. The second-order valence-corrected chi connectivity index (χ2v) is 7.91. The maximum Gasteiger partial charge on any atom is 0.407 e. The average Bonchev–Trinajstić information content (AvgIpc) is 2.65. The van der Waals surface area contributed by atoms with E-state index in [0.29, 0.717) is 12.1 Å². The standard InChI is InChI=1S/C22H27N3O3/c1-22(2,3)28-21(27)24-17-13-16-7-5-6-8-19(16)25(14-17)18-11-9-15(10-12-18)20(26)23-4/h5-12,17H,13-14H2,1-4H3,(H,23,26)(H,24,27). The van der Waals surface area contributed by atoms with E-state index in [9.17, 15) is 9.59 Å². The number of benzene rings is 2. The lowest BCUT2D eigenvalue weighted by Crippen LogP contribution is -2.48. The van der Waals surface area contributed by atoms with Crippen LogP contribution in [0.5, 0.6) is 0 Å². The Morgan fingerprint density at radius 1 is 1.07 bits per heavy atom. The number of fused-ring (bicyclic) bond motifs is 1. The van der Waals surface area contributed by atoms with Gasteiger partial charge < -0.3 is 20.3 Å². The molecule has 1 heterocycles. The molecule has 148 valence electrons. The first-order valence-electron chi connectivity index (χ1n) is 9.44. The molecule has 1 unspecified atom stereocenters. The third-order valence-electron chi connectivity index (χ3n) is 4.54. The van der Waals surface area contributed by atoms with Crippen molar-refractivity contribution in [1.82, 2.24) is 10.6 Å². The minimum atomic E-state index is -0.536. The number of nitrogens with zero attached hydrogens (tertiary/aromatic N) is 1. The highest BCUT2D eigenvalue weighted by molar-refractivity contribution is 5.94. The van der Waals surface area contributed by atoms with Crippen LogP contribution >= 0.6 is 0 Å². The number of hydrogen-bond donors (Lipinski definition) is 2. The van der Waals surface area contributed by atoms with Crippen molar-refractivity contribution in [3.8, 4) is 0 Å². The van der Waals surface area contributed by atoms with Crippen LogP contribution in [0.3, 0.4) is 0 Å². The molecule has 1 aliphatic heterocycles. The van der Waals surface area contributed by atoms with E-state index in [0.717, 1.165) is 23.4 Å². The number of alkyl carbamates (subject to hydrolysis) is 1. The van der Waals surface area contributed by atoms with Gasteiger partial charge in [-0.3, -0.25) is 4.79 Å². The molecule has 3 rings (SSSR count). The lowest BCUT2D eigenvalue weighted by atomic mass is 9.97. The minimum absolute atomic E-state index is 0.0802. The van der Waals surface area contributed by atoms with E-state index in [2.05, 4.69) is 27.7 Å². The van der Waals surface area contributed by atoms with Crippen molar-refractivity contribution >= 4 is 23.4 Å². The number of nitrogens with one attached hydrogen (secondary N) is 2. The van der Waals surface area contributed by atoms with Gasteiger partial charge >= 0.3 is 6.09 Å². The zero-order valence-electron chi connectivity index (χ0n) is 16.8. The summed E-state index contributed by atoms with van der Waals surface area (Å²) < 4.78 is 5.41. The zero-order valence-corrected chi connectivity index (χ0v) is 16.8. The Kier molecular flexibility index (Phi) is 5.58. The van der Waals surface area contributed by atoms with Gasteiger partial charge in [0, 0.05) is 30.5 Å². The molecule has 0 fully saturated rings. The normalized spacial score (nSPS) is 16.1. The molecule has 6 nitrogen and oxygen atoms in total. The van der Waals surface area contributed by atoms with Crippen molar-refractivity contribution in [2.75, 3.05) is 18.5 Å². The van der Waals surface area contributed by atoms with Gasteiger partial charge in [0.05, 0.1) is 6.04 Å². The first-order chi connectivity index (χ1) is 13.3. The molecule has 0 aliphatic carbocycles. The first kappa shape index (κ1) is 19.7. The molecule has 6 heteroatoms. The van der Waals surface area contributed by atoms with Crippen LogP contribution in [0.1, 0.15) is 36.7 Å². The van der Waals surface area contributed by atoms with E-state index in [-0.39, 0.29) is 11.9 Å². The zero-order chi connectivity index (χ0) is 20.3. The Bertz CT molecular complexity index is 856. The summed E-state index contributed by atoms with van der Waals surface area (Å²) >= 11 is 0. The van der Waals surface area contributed by atoms with Crippen LogP contribution in [-0.2, 0) is 11.2 Å². The van der Waals surface area contributed by atoms with Gasteiger partial charge in [-0.05, 0) is 63.1 Å². The monoisotopic (exact) mass is 381 g/mol. The number of ether oxygens (including phenoxy) is 1. The van der Waals surface area contributed by atoms with Crippen molar-refractivity contribution < 1.29 is 14.3 Å². The number of para-hydroxylation sites is 1. The number of rotatable bonds is 3. The van der Waals surface area contributed by atoms with Crippen molar-refractivity contribution in [2.24, 2.45) is 0 Å². The summed E-state index contributed by atoms with van der Waals surface area (Å²) in [5.41, 5.74) is 3.31. The van der Waals surface area contributed by atoms with E-state index >= 15 is 0 Å². The maximum atomic E-state index is 12.2. The molecule has 28 heavy (non-hydrogen) atoms. The number of hydrogen-bond acceptors (Lipinski definition) is 4. The van der Waals surface area contributed by atoms with Gasteiger partial charge in [0.25, 0.3) is 5.91 Å². The van der Waals surface area contributed by atoms with Crippen LogP contribution in [0.2, 0.25) is 0 Å². The van der Waals surface area contributed by atoms with Crippen molar-refractivity contribution in [3.05, 3.63) is 59.7 Å². The van der Waals surface area contributed by atoms with Crippen LogP contribution in [-0.4, -0.2) is 37.2 Å². The molecule has 2 amide bonds. The predicted octanol–water partition coefficient (Wildman–Crippen LogP) is 3.63. The third kappa shape index (κ3) is 4.63. The summed E-state index contributed by atoms with van der Waals surface area (Å²) in [6.07, 6.45) is 0.328. The van der Waals surface area contributed by atoms with Crippen LogP contribution in [0, 0.1) is 0 Å². The van der Waals surface area contributed by atoms with Crippen LogP contribution < -0.4 is 15.5 Å². The highest BCUT2D eigenvalue weighted by atomic mass is 16.6. The smallest absolute Gasteiger partial charge is 0.407 e. The molecule has 0 saturated heterocycles. The Balaban J connectivity index is 1.83. The summed E-state index contributed by atoms with van der Waals surface area (Å²) in [7, 11) is 1.62. The van der Waals surface area contributed by atoms with Crippen LogP contribution in [0.25, 0.3) is 0 Å². The van der Waals surface area contributed by atoms with E-state index in [1.807, 2.05) is 57.2 Å². The van der Waals surface area contributed by atoms with E-state index in [1.54, 1.807) is 7.05 Å². The Hall–Kier alpha value is -3.02. The Morgan fingerprint density at radius 3 is 2.39 bits per heavy atom. The third-order valence-corrected chi connectivity index (χ3v) is 4.54. The summed E-state index contributed by atoms with van der Waals surface area (Å²) in [4.78, 5) is 26.2. The molecule has 0 spiro atoms. The van der Waals surface area contributed by atoms with Gasteiger partial charge in [0.1, 0.15) is 5.60 Å². The largest absolute Gasteiger partial charge is 0.444 e. The van der Waals surface area contributed by atoms with E-state index in [4.69, 9.17) is 4.74 Å². The van der Waals surface area contributed by atoms with Gasteiger partial charge in [-0.2, -0.15) is 0 Å². The number of carbonyl (C=O) groups is 2. The van der Waals surface area contributed by atoms with Crippen molar-refractivity contribution in [3.63, 3.8) is 0 Å². The lowest BCUT2D eigenvalue weighted by Gasteiger charge is -2.36. The molecule has 2 aromatic rings. The Morgan fingerprint density at radius 2 is 1.75 bits per heavy atom. The summed E-state index contributed by atoms with van der Waals surface area (Å²) in [5, 5.41) is 5.62. The molecule has 0 saturated carbocycles. The molecule has 2 aromatic carbocycles. The molecule has 2 N–H and O–H groups in total. The first-order valence-corrected chi connectivity index (χ1v) is 9.44. The molecule has 0 radical (unpaired) electrons. The molecule has 1 atom stereocenters. The Labute approximate surface area is 165 Å². The second kappa shape index (κ2) is 7.92. The number of amides is 2. The maximum absolute atomic E-state index is 12.2. The van der Waals surface area contributed by atoms with Gasteiger partial charge in [-0.25, -0.2) is 4.79 Å². The molecular weight excluding hydrogens is 354 g/mol. The minimum Gasteiger partial charge on any atom is -0.444 e. The SMILES string of the molecule is CNC(=O)c1ccc(N2CC(NC(=O)OC(C)(C)C)Cc3ccccc32)cc1. The summed E-state index contributed by atoms with van der Waals surface area (Å²) in [5.74, 6) is -0.116. The highest BCUT2D eigenvalue weighted by Crippen LogP contribution is 2.33. The van der Waals surface area contributed by atoms with Gasteiger partial charge in [-0.15, -0.1) is 0 Å². The average molecular weight is 381 g/mol. The van der Waals surface area contributed by atoms with Crippen LogP contribution in [0.15, 0.2) is 48.5 Å². The fourth-order valence-electron chi connectivity index (χ4n) is 3.35. The second-order valence-electron chi connectivity index (χ2n) is 7.91. The van der Waals surface area contributed by atoms with E-state index in [1.165, 1.54) is 0 Å². The van der Waals surface area contributed by atoms with Gasteiger partial charge in [0.2, 0.25) is 0 Å². The summed E-state index contributed by atoms with van der Waals surface area (Å²) in [6, 6.07) is 15.5. The molecular formula is C22H27N3O3. The molecule has 0 aromatic heterocycles. The number of anilines is 2.